The Morgan fingerprint density at radius 3 is 3.08 bits per heavy atom. The van der Waals surface area contributed by atoms with E-state index >= 15 is 0 Å². The molecule has 0 spiro atoms. The Morgan fingerprint density at radius 1 is 1.67 bits per heavy atom. The quantitative estimate of drug-likeness (QED) is 0.566. The lowest BCUT2D eigenvalue weighted by Gasteiger charge is -2.12. The molecule has 0 saturated carbocycles. The average Bonchev–Trinajstić information content (AvgIpc) is 2.28. The van der Waals surface area contributed by atoms with Crippen molar-refractivity contribution in [3.8, 4) is 0 Å². The molecule has 1 N–H and O–H groups in total. The first kappa shape index (κ1) is 9.48. The van der Waals surface area contributed by atoms with E-state index in [1.54, 1.807) is 0 Å². The van der Waals surface area contributed by atoms with Crippen molar-refractivity contribution in [1.82, 2.24) is 0 Å². The molecule has 1 aliphatic heterocycles. The van der Waals surface area contributed by atoms with E-state index < -0.39 is 6.10 Å². The summed E-state index contributed by atoms with van der Waals surface area (Å²) in [5.41, 5.74) is 0. The van der Waals surface area contributed by atoms with Gasteiger partial charge < -0.3 is 14.6 Å². The van der Waals surface area contributed by atoms with E-state index in [0.717, 1.165) is 0 Å². The van der Waals surface area contributed by atoms with Crippen molar-refractivity contribution in [2.24, 2.45) is 5.92 Å². The second-order valence-corrected chi connectivity index (χ2v) is 2.97. The number of hydrogen-bond acceptors (Lipinski definition) is 4. The third-order valence-corrected chi connectivity index (χ3v) is 2.01. The number of rotatable bonds is 1. The highest BCUT2D eigenvalue weighted by atomic mass is 16.5. The van der Waals surface area contributed by atoms with Crippen LogP contribution in [0.2, 0.25) is 0 Å². The zero-order valence-electron chi connectivity index (χ0n) is 7.16. The van der Waals surface area contributed by atoms with E-state index in [1.165, 1.54) is 7.11 Å². The molecule has 0 aromatic rings. The fourth-order valence-electron chi connectivity index (χ4n) is 1.29. The standard InChI is InChI=1S/C8H14O4/c1-11-8(10)6-4-7(9)2-3-12-5-6/h6-7,9H,2-5H2,1H3/t6-,7+/m1/s1. The molecule has 0 amide bonds. The number of carbonyl (C=O) groups is 1. The lowest BCUT2D eigenvalue weighted by molar-refractivity contribution is -0.147. The molecule has 0 aromatic heterocycles. The summed E-state index contributed by atoms with van der Waals surface area (Å²) in [5.74, 6) is -0.594. The number of ether oxygens (including phenoxy) is 2. The Morgan fingerprint density at radius 2 is 2.42 bits per heavy atom. The van der Waals surface area contributed by atoms with Crippen LogP contribution in [0.1, 0.15) is 12.8 Å². The molecule has 1 fully saturated rings. The van der Waals surface area contributed by atoms with Gasteiger partial charge in [-0.05, 0) is 12.8 Å². The van der Waals surface area contributed by atoms with E-state index in [1.807, 2.05) is 0 Å². The van der Waals surface area contributed by atoms with Crippen LogP contribution in [0.5, 0.6) is 0 Å². The van der Waals surface area contributed by atoms with Crippen LogP contribution in [0.25, 0.3) is 0 Å². The molecule has 0 aliphatic carbocycles. The third kappa shape index (κ3) is 2.46. The van der Waals surface area contributed by atoms with E-state index in [0.29, 0.717) is 26.1 Å². The van der Waals surface area contributed by atoms with Crippen LogP contribution in [0, 0.1) is 5.92 Å². The van der Waals surface area contributed by atoms with Gasteiger partial charge in [-0.3, -0.25) is 4.79 Å². The summed E-state index contributed by atoms with van der Waals surface area (Å²) in [6, 6.07) is 0. The summed E-state index contributed by atoms with van der Waals surface area (Å²) in [5, 5.41) is 9.32. The summed E-state index contributed by atoms with van der Waals surface area (Å²) in [7, 11) is 1.35. The molecule has 0 unspecified atom stereocenters. The van der Waals surface area contributed by atoms with E-state index in [4.69, 9.17) is 4.74 Å². The molecular weight excluding hydrogens is 160 g/mol. The highest BCUT2D eigenvalue weighted by molar-refractivity contribution is 5.72. The minimum absolute atomic E-state index is 0.295. The van der Waals surface area contributed by atoms with Crippen molar-refractivity contribution in [3.63, 3.8) is 0 Å². The highest BCUT2D eigenvalue weighted by Crippen LogP contribution is 2.15. The molecule has 1 heterocycles. The van der Waals surface area contributed by atoms with Crippen molar-refractivity contribution in [3.05, 3.63) is 0 Å². The van der Waals surface area contributed by atoms with E-state index in [9.17, 15) is 9.90 Å². The highest BCUT2D eigenvalue weighted by Gasteiger charge is 2.25. The Balaban J connectivity index is 2.46. The van der Waals surface area contributed by atoms with Gasteiger partial charge in [0.1, 0.15) is 0 Å². The van der Waals surface area contributed by atoms with Crippen LogP contribution in [0.3, 0.4) is 0 Å². The molecule has 70 valence electrons. The molecule has 0 bridgehead atoms. The normalized spacial score (nSPS) is 30.8. The predicted octanol–water partition coefficient (Wildman–Crippen LogP) is -0.0531. The fourth-order valence-corrected chi connectivity index (χ4v) is 1.29. The van der Waals surface area contributed by atoms with Gasteiger partial charge in [0, 0.05) is 6.61 Å². The molecule has 1 aliphatic rings. The van der Waals surface area contributed by atoms with Crippen LogP contribution in [-0.4, -0.2) is 37.5 Å². The van der Waals surface area contributed by atoms with Gasteiger partial charge in [-0.15, -0.1) is 0 Å². The number of aliphatic hydroxyl groups is 1. The number of aliphatic hydroxyl groups excluding tert-OH is 1. The maximum absolute atomic E-state index is 11.1. The van der Waals surface area contributed by atoms with Gasteiger partial charge in [0.15, 0.2) is 0 Å². The minimum Gasteiger partial charge on any atom is -0.469 e. The van der Waals surface area contributed by atoms with Crippen LogP contribution in [0.4, 0.5) is 0 Å². The Kier molecular flexibility index (Phi) is 3.49. The van der Waals surface area contributed by atoms with Crippen LogP contribution < -0.4 is 0 Å². The van der Waals surface area contributed by atoms with Crippen molar-refractivity contribution in [1.29, 1.82) is 0 Å². The molecule has 1 rings (SSSR count). The van der Waals surface area contributed by atoms with Crippen molar-refractivity contribution < 1.29 is 19.4 Å². The van der Waals surface area contributed by atoms with Crippen LogP contribution in [-0.2, 0) is 14.3 Å². The third-order valence-electron chi connectivity index (χ3n) is 2.01. The molecular formula is C8H14O4. The molecule has 1 saturated heterocycles. The number of carbonyl (C=O) groups excluding carboxylic acids is 1. The van der Waals surface area contributed by atoms with Gasteiger partial charge in [0.05, 0.1) is 25.7 Å². The van der Waals surface area contributed by atoms with Crippen molar-refractivity contribution in [2.75, 3.05) is 20.3 Å². The number of methoxy groups -OCH3 is 1. The topological polar surface area (TPSA) is 55.8 Å². The molecule has 4 nitrogen and oxygen atoms in total. The lowest BCUT2D eigenvalue weighted by Crippen LogP contribution is -2.23. The largest absolute Gasteiger partial charge is 0.469 e. The summed E-state index contributed by atoms with van der Waals surface area (Å²) < 4.78 is 9.70. The van der Waals surface area contributed by atoms with Crippen molar-refractivity contribution >= 4 is 5.97 Å². The maximum Gasteiger partial charge on any atom is 0.311 e. The van der Waals surface area contributed by atoms with Crippen LogP contribution >= 0.6 is 0 Å². The number of hydrogen-bond donors (Lipinski definition) is 1. The summed E-state index contributed by atoms with van der Waals surface area (Å²) in [4.78, 5) is 11.1. The SMILES string of the molecule is COC(=O)[C@H]1COCC[C@H](O)C1. The van der Waals surface area contributed by atoms with Gasteiger partial charge in [-0.25, -0.2) is 0 Å². The average molecular weight is 174 g/mol. The monoisotopic (exact) mass is 174 g/mol. The summed E-state index contributed by atoms with van der Waals surface area (Å²) in [6.07, 6.45) is 0.622. The van der Waals surface area contributed by atoms with E-state index in [2.05, 4.69) is 4.74 Å². The first-order valence-electron chi connectivity index (χ1n) is 4.07. The van der Waals surface area contributed by atoms with Gasteiger partial charge in [0.2, 0.25) is 0 Å². The second-order valence-electron chi connectivity index (χ2n) is 2.97. The molecule has 0 aromatic carbocycles. The molecule has 0 radical (unpaired) electrons. The summed E-state index contributed by atoms with van der Waals surface area (Å²) >= 11 is 0. The lowest BCUT2D eigenvalue weighted by atomic mass is 10.0. The molecule has 4 heteroatoms. The Bertz CT molecular complexity index is 157. The fraction of sp³-hybridized carbons (Fsp3) is 0.875. The zero-order valence-corrected chi connectivity index (χ0v) is 7.16. The van der Waals surface area contributed by atoms with Crippen LogP contribution in [0.15, 0.2) is 0 Å². The first-order chi connectivity index (χ1) is 5.74. The zero-order chi connectivity index (χ0) is 8.97. The minimum atomic E-state index is -0.434. The van der Waals surface area contributed by atoms with E-state index in [-0.39, 0.29) is 11.9 Å². The van der Waals surface area contributed by atoms with Gasteiger partial charge >= 0.3 is 5.97 Å². The second kappa shape index (κ2) is 4.42. The van der Waals surface area contributed by atoms with Gasteiger partial charge in [-0.1, -0.05) is 0 Å². The Labute approximate surface area is 71.5 Å². The van der Waals surface area contributed by atoms with Gasteiger partial charge in [0.25, 0.3) is 0 Å². The summed E-state index contributed by atoms with van der Waals surface area (Å²) in [6.45, 7) is 0.887. The smallest absolute Gasteiger partial charge is 0.311 e. The molecule has 2 atom stereocenters. The Hall–Kier alpha value is -0.610. The first-order valence-corrected chi connectivity index (χ1v) is 4.07. The number of esters is 1. The van der Waals surface area contributed by atoms with Gasteiger partial charge in [-0.2, -0.15) is 0 Å². The predicted molar refractivity (Wildman–Crippen MR) is 41.6 cm³/mol. The maximum atomic E-state index is 11.1. The molecule has 12 heavy (non-hydrogen) atoms. The van der Waals surface area contributed by atoms with Crippen molar-refractivity contribution in [2.45, 2.75) is 18.9 Å².